The summed E-state index contributed by atoms with van der Waals surface area (Å²) in [6.07, 6.45) is 3.56. The van der Waals surface area contributed by atoms with Crippen molar-refractivity contribution in [3.05, 3.63) is 35.9 Å². The monoisotopic (exact) mass is 319 g/mol. The van der Waals surface area contributed by atoms with Gasteiger partial charge in [0.05, 0.1) is 5.92 Å². The molecule has 3 heteroatoms. The number of carbonyl (C=O) groups excluding carboxylic acids is 1. The molecule has 0 aromatic heterocycles. The lowest BCUT2D eigenvalue weighted by atomic mass is 9.91. The van der Waals surface area contributed by atoms with Crippen LogP contribution in [0.25, 0.3) is 0 Å². The molecule has 1 aromatic rings. The van der Waals surface area contributed by atoms with Gasteiger partial charge in [-0.25, -0.2) is 0 Å². The number of hydrogen-bond acceptors (Lipinski definition) is 3. The van der Waals surface area contributed by atoms with E-state index in [1.54, 1.807) is 0 Å². The van der Waals surface area contributed by atoms with E-state index in [-0.39, 0.29) is 5.92 Å². The van der Waals surface area contributed by atoms with Crippen molar-refractivity contribution in [2.75, 3.05) is 18.8 Å². The van der Waals surface area contributed by atoms with Crippen molar-refractivity contribution in [3.63, 3.8) is 0 Å². The molecule has 1 aromatic carbocycles. The highest BCUT2D eigenvalue weighted by Gasteiger charge is 2.24. The van der Waals surface area contributed by atoms with Crippen LogP contribution in [-0.4, -0.2) is 34.9 Å². The van der Waals surface area contributed by atoms with E-state index in [0.29, 0.717) is 17.1 Å². The Labute approximate surface area is 139 Å². The van der Waals surface area contributed by atoms with Crippen LogP contribution in [0.15, 0.2) is 30.3 Å². The van der Waals surface area contributed by atoms with Gasteiger partial charge in [0.1, 0.15) is 0 Å². The second-order valence-corrected chi connectivity index (χ2v) is 7.84. The number of thioether (sulfide) groups is 1. The normalized spacial score (nSPS) is 18.5. The van der Waals surface area contributed by atoms with Crippen molar-refractivity contribution in [1.82, 2.24) is 4.90 Å². The zero-order valence-electron chi connectivity index (χ0n) is 14.1. The molecule has 2 rings (SSSR count). The first-order chi connectivity index (χ1) is 10.6. The largest absolute Gasteiger partial charge is 0.300 e. The molecule has 0 saturated carbocycles. The van der Waals surface area contributed by atoms with Gasteiger partial charge in [-0.1, -0.05) is 55.9 Å². The van der Waals surface area contributed by atoms with Crippen molar-refractivity contribution in [2.24, 2.45) is 5.92 Å². The van der Waals surface area contributed by atoms with Gasteiger partial charge in [-0.2, -0.15) is 0 Å². The highest BCUT2D eigenvalue weighted by molar-refractivity contribution is 8.13. The fraction of sp³-hybridized carbons (Fsp3) is 0.632. The lowest BCUT2D eigenvalue weighted by Crippen LogP contribution is -2.32. The van der Waals surface area contributed by atoms with Crippen molar-refractivity contribution >= 4 is 16.9 Å². The molecule has 0 N–H and O–H groups in total. The SMILES string of the molecule is CC(C)CC(C(=O)SCC(C)N1CCCC1)c1ccccc1. The van der Waals surface area contributed by atoms with Gasteiger partial charge in [0.2, 0.25) is 0 Å². The zero-order valence-corrected chi connectivity index (χ0v) is 14.9. The molecule has 1 heterocycles. The zero-order chi connectivity index (χ0) is 15.9. The molecular formula is C19H29NOS. The molecule has 0 bridgehead atoms. The number of hydrogen-bond donors (Lipinski definition) is 0. The van der Waals surface area contributed by atoms with Crippen molar-refractivity contribution in [3.8, 4) is 0 Å². The minimum atomic E-state index is 0.0389. The Hall–Kier alpha value is -0.800. The summed E-state index contributed by atoms with van der Waals surface area (Å²) in [4.78, 5) is 15.3. The number of carbonyl (C=O) groups is 1. The first-order valence-corrected chi connectivity index (χ1v) is 9.52. The number of nitrogens with zero attached hydrogens (tertiary/aromatic N) is 1. The fourth-order valence-corrected chi connectivity index (χ4v) is 4.17. The van der Waals surface area contributed by atoms with E-state index in [0.717, 1.165) is 12.2 Å². The molecule has 122 valence electrons. The highest BCUT2D eigenvalue weighted by Crippen LogP contribution is 2.30. The average Bonchev–Trinajstić information content (AvgIpc) is 3.05. The number of rotatable bonds is 7. The molecule has 0 aliphatic carbocycles. The van der Waals surface area contributed by atoms with E-state index in [4.69, 9.17) is 0 Å². The van der Waals surface area contributed by atoms with Gasteiger partial charge in [-0.15, -0.1) is 0 Å². The number of likely N-dealkylation sites (tertiary alicyclic amines) is 1. The van der Waals surface area contributed by atoms with Crippen LogP contribution < -0.4 is 0 Å². The summed E-state index contributed by atoms with van der Waals surface area (Å²) in [5.74, 6) is 1.49. The summed E-state index contributed by atoms with van der Waals surface area (Å²) in [5, 5.41) is 0.339. The molecule has 2 unspecified atom stereocenters. The van der Waals surface area contributed by atoms with E-state index in [1.165, 1.54) is 43.3 Å². The van der Waals surface area contributed by atoms with E-state index < -0.39 is 0 Å². The minimum Gasteiger partial charge on any atom is -0.300 e. The van der Waals surface area contributed by atoms with Crippen molar-refractivity contribution in [2.45, 2.75) is 52.0 Å². The molecule has 2 atom stereocenters. The Morgan fingerprint density at radius 1 is 1.14 bits per heavy atom. The Morgan fingerprint density at radius 3 is 2.36 bits per heavy atom. The third-order valence-corrected chi connectivity index (χ3v) is 5.64. The van der Waals surface area contributed by atoms with Gasteiger partial charge in [0.25, 0.3) is 0 Å². The van der Waals surface area contributed by atoms with Crippen LogP contribution in [-0.2, 0) is 4.79 Å². The van der Waals surface area contributed by atoms with Gasteiger partial charge in [0.15, 0.2) is 5.12 Å². The van der Waals surface area contributed by atoms with Crippen LogP contribution >= 0.6 is 11.8 Å². The molecule has 1 fully saturated rings. The Morgan fingerprint density at radius 2 is 1.77 bits per heavy atom. The lowest BCUT2D eigenvalue weighted by Gasteiger charge is -2.24. The van der Waals surface area contributed by atoms with Gasteiger partial charge in [-0.3, -0.25) is 9.69 Å². The first kappa shape index (κ1) is 17.6. The maximum absolute atomic E-state index is 12.7. The van der Waals surface area contributed by atoms with Crippen molar-refractivity contribution < 1.29 is 4.79 Å². The highest BCUT2D eigenvalue weighted by atomic mass is 32.2. The summed E-state index contributed by atoms with van der Waals surface area (Å²) >= 11 is 1.54. The summed E-state index contributed by atoms with van der Waals surface area (Å²) in [5.41, 5.74) is 1.17. The predicted octanol–water partition coefficient (Wildman–Crippen LogP) is 4.56. The maximum atomic E-state index is 12.7. The standard InChI is InChI=1S/C19H29NOS/c1-15(2)13-18(17-9-5-4-6-10-17)19(21)22-14-16(3)20-11-7-8-12-20/h4-6,9-10,15-16,18H,7-8,11-14H2,1-3H3. The molecule has 1 saturated heterocycles. The quantitative estimate of drug-likeness (QED) is 0.735. The van der Waals surface area contributed by atoms with Gasteiger partial charge in [0, 0.05) is 11.8 Å². The maximum Gasteiger partial charge on any atom is 0.196 e. The van der Waals surface area contributed by atoms with E-state index in [1.807, 2.05) is 18.2 Å². The summed E-state index contributed by atoms with van der Waals surface area (Å²) < 4.78 is 0. The average molecular weight is 320 g/mol. The van der Waals surface area contributed by atoms with Crippen LogP contribution in [0.4, 0.5) is 0 Å². The number of benzene rings is 1. The Bertz CT molecular complexity index is 454. The smallest absolute Gasteiger partial charge is 0.196 e. The van der Waals surface area contributed by atoms with Crippen LogP contribution in [0.3, 0.4) is 0 Å². The molecule has 1 aliphatic heterocycles. The second kappa shape index (κ2) is 8.73. The molecule has 22 heavy (non-hydrogen) atoms. The molecular weight excluding hydrogens is 290 g/mol. The van der Waals surface area contributed by atoms with Crippen LogP contribution in [0.2, 0.25) is 0 Å². The van der Waals surface area contributed by atoms with E-state index in [2.05, 4.69) is 37.8 Å². The molecule has 0 spiro atoms. The first-order valence-electron chi connectivity index (χ1n) is 8.53. The Balaban J connectivity index is 1.93. The van der Waals surface area contributed by atoms with E-state index >= 15 is 0 Å². The Kier molecular flexibility index (Phi) is 6.97. The second-order valence-electron chi connectivity index (χ2n) is 6.81. The van der Waals surface area contributed by atoms with Gasteiger partial charge >= 0.3 is 0 Å². The summed E-state index contributed by atoms with van der Waals surface area (Å²) in [6, 6.07) is 10.8. The third-order valence-electron chi connectivity index (χ3n) is 4.42. The third kappa shape index (κ3) is 5.13. The molecule has 1 aliphatic rings. The molecule has 0 amide bonds. The molecule has 0 radical (unpaired) electrons. The van der Waals surface area contributed by atoms with Gasteiger partial charge in [-0.05, 0) is 50.8 Å². The fourth-order valence-electron chi connectivity index (χ4n) is 3.12. The van der Waals surface area contributed by atoms with Crippen LogP contribution in [0.5, 0.6) is 0 Å². The van der Waals surface area contributed by atoms with E-state index in [9.17, 15) is 4.79 Å². The van der Waals surface area contributed by atoms with Crippen molar-refractivity contribution in [1.29, 1.82) is 0 Å². The van der Waals surface area contributed by atoms with Gasteiger partial charge < -0.3 is 0 Å². The summed E-state index contributed by atoms with van der Waals surface area (Å²) in [6.45, 7) is 9.04. The van der Waals surface area contributed by atoms with Crippen LogP contribution in [0.1, 0.15) is 51.5 Å². The van der Waals surface area contributed by atoms with Crippen LogP contribution in [0, 0.1) is 5.92 Å². The topological polar surface area (TPSA) is 20.3 Å². The molecule has 2 nitrogen and oxygen atoms in total. The summed E-state index contributed by atoms with van der Waals surface area (Å²) in [7, 11) is 0. The minimum absolute atomic E-state index is 0.0389. The predicted molar refractivity (Wildman–Crippen MR) is 96.4 cm³/mol. The lowest BCUT2D eigenvalue weighted by molar-refractivity contribution is -0.112.